The third kappa shape index (κ3) is 3.98. The third-order valence-electron chi connectivity index (χ3n) is 2.99. The van der Waals surface area contributed by atoms with E-state index in [0.29, 0.717) is 23.2 Å². The molecule has 0 saturated carbocycles. The van der Waals surface area contributed by atoms with Crippen molar-refractivity contribution in [3.63, 3.8) is 0 Å². The van der Waals surface area contributed by atoms with Crippen LogP contribution in [-0.2, 0) is 6.42 Å². The summed E-state index contributed by atoms with van der Waals surface area (Å²) in [7, 11) is 1.62. The molecule has 0 saturated heterocycles. The summed E-state index contributed by atoms with van der Waals surface area (Å²) in [5, 5.41) is 9.15. The Labute approximate surface area is 131 Å². The molecule has 4 nitrogen and oxygen atoms in total. The average Bonchev–Trinajstić information content (AvgIpc) is 2.49. The van der Waals surface area contributed by atoms with Gasteiger partial charge in [0.2, 0.25) is 0 Å². The summed E-state index contributed by atoms with van der Waals surface area (Å²) < 4.78 is 11.4. The first-order valence-electron chi connectivity index (χ1n) is 6.39. The van der Waals surface area contributed by atoms with Crippen LogP contribution in [-0.4, -0.2) is 24.8 Å². The van der Waals surface area contributed by atoms with Gasteiger partial charge in [0.05, 0.1) is 18.2 Å². The van der Waals surface area contributed by atoms with Crippen molar-refractivity contribution in [2.75, 3.05) is 13.7 Å². The predicted molar refractivity (Wildman–Crippen MR) is 83.3 cm³/mol. The minimum absolute atomic E-state index is 0.152. The van der Waals surface area contributed by atoms with E-state index in [4.69, 9.17) is 14.6 Å². The second-order valence-electron chi connectivity index (χ2n) is 4.37. The third-order valence-corrected chi connectivity index (χ3v) is 3.62. The topological polar surface area (TPSA) is 55.8 Å². The number of aromatic carboxylic acids is 1. The summed E-state index contributed by atoms with van der Waals surface area (Å²) in [6.45, 7) is 0.398. The zero-order valence-electron chi connectivity index (χ0n) is 11.5. The van der Waals surface area contributed by atoms with Crippen LogP contribution in [0.15, 0.2) is 46.9 Å². The van der Waals surface area contributed by atoms with E-state index in [1.807, 2.05) is 24.3 Å². The van der Waals surface area contributed by atoms with Gasteiger partial charge in [0.25, 0.3) is 0 Å². The van der Waals surface area contributed by atoms with Crippen molar-refractivity contribution >= 4 is 21.9 Å². The first-order valence-corrected chi connectivity index (χ1v) is 7.18. The zero-order chi connectivity index (χ0) is 15.2. The van der Waals surface area contributed by atoms with Gasteiger partial charge in [-0.15, -0.1) is 0 Å². The minimum atomic E-state index is -1.00. The van der Waals surface area contributed by atoms with Gasteiger partial charge in [0, 0.05) is 6.42 Å². The smallest absolute Gasteiger partial charge is 0.339 e. The largest absolute Gasteiger partial charge is 0.497 e. The Kier molecular flexibility index (Phi) is 5.22. The standard InChI is InChI=1S/C16H15BrO4/c1-20-12-7-5-11(6-8-12)9-10-21-15-13(16(18)19)3-2-4-14(15)17/h2-8H,9-10H2,1H3,(H,18,19). The van der Waals surface area contributed by atoms with Crippen molar-refractivity contribution in [2.24, 2.45) is 0 Å². The summed E-state index contributed by atoms with van der Waals surface area (Å²) in [6.07, 6.45) is 0.685. The molecule has 0 bridgehead atoms. The molecule has 0 aliphatic heterocycles. The summed E-state index contributed by atoms with van der Waals surface area (Å²) in [4.78, 5) is 11.2. The number of para-hydroxylation sites is 1. The SMILES string of the molecule is COc1ccc(CCOc2c(Br)cccc2C(=O)O)cc1. The predicted octanol–water partition coefficient (Wildman–Crippen LogP) is 3.78. The molecular weight excluding hydrogens is 336 g/mol. The van der Waals surface area contributed by atoms with Gasteiger partial charge >= 0.3 is 5.97 Å². The van der Waals surface area contributed by atoms with E-state index in [2.05, 4.69) is 15.9 Å². The lowest BCUT2D eigenvalue weighted by atomic mass is 10.1. The molecule has 0 amide bonds. The van der Waals surface area contributed by atoms with Crippen LogP contribution in [0, 0.1) is 0 Å². The second-order valence-corrected chi connectivity index (χ2v) is 5.22. The normalized spacial score (nSPS) is 10.2. The fourth-order valence-electron chi connectivity index (χ4n) is 1.89. The van der Waals surface area contributed by atoms with Crippen LogP contribution in [0.3, 0.4) is 0 Å². The molecule has 0 aromatic heterocycles. The van der Waals surface area contributed by atoms with Crippen LogP contribution < -0.4 is 9.47 Å². The Hall–Kier alpha value is -2.01. The number of carboxylic acid groups (broad SMARTS) is 1. The van der Waals surface area contributed by atoms with Crippen molar-refractivity contribution < 1.29 is 19.4 Å². The summed E-state index contributed by atoms with van der Waals surface area (Å²) >= 11 is 3.32. The Morgan fingerprint density at radius 3 is 2.52 bits per heavy atom. The maximum absolute atomic E-state index is 11.2. The molecular formula is C16H15BrO4. The molecule has 0 heterocycles. The second kappa shape index (κ2) is 7.13. The highest BCUT2D eigenvalue weighted by molar-refractivity contribution is 9.10. The Morgan fingerprint density at radius 1 is 1.19 bits per heavy atom. The van der Waals surface area contributed by atoms with Crippen molar-refractivity contribution in [1.29, 1.82) is 0 Å². The molecule has 21 heavy (non-hydrogen) atoms. The van der Waals surface area contributed by atoms with Crippen LogP contribution >= 0.6 is 15.9 Å². The lowest BCUT2D eigenvalue weighted by Gasteiger charge is -2.11. The summed E-state index contributed by atoms with van der Waals surface area (Å²) in [5.74, 6) is 0.160. The number of halogens is 1. The maximum atomic E-state index is 11.2. The van der Waals surface area contributed by atoms with Crippen LogP contribution in [0.2, 0.25) is 0 Å². The van der Waals surface area contributed by atoms with Crippen molar-refractivity contribution in [3.8, 4) is 11.5 Å². The highest BCUT2D eigenvalue weighted by atomic mass is 79.9. The van der Waals surface area contributed by atoms with Gasteiger partial charge in [-0.1, -0.05) is 18.2 Å². The molecule has 0 atom stereocenters. The lowest BCUT2D eigenvalue weighted by molar-refractivity contribution is 0.0692. The molecule has 0 fully saturated rings. The van der Waals surface area contributed by atoms with Crippen molar-refractivity contribution in [2.45, 2.75) is 6.42 Å². The zero-order valence-corrected chi connectivity index (χ0v) is 13.1. The monoisotopic (exact) mass is 350 g/mol. The number of methoxy groups -OCH3 is 1. The van der Waals surface area contributed by atoms with Gasteiger partial charge in [-0.05, 0) is 45.8 Å². The Balaban J connectivity index is 2.01. The quantitative estimate of drug-likeness (QED) is 0.861. The lowest BCUT2D eigenvalue weighted by Crippen LogP contribution is -2.07. The van der Waals surface area contributed by atoms with E-state index in [9.17, 15) is 4.79 Å². The van der Waals surface area contributed by atoms with Gasteiger partial charge in [-0.2, -0.15) is 0 Å². The highest BCUT2D eigenvalue weighted by Crippen LogP contribution is 2.29. The van der Waals surface area contributed by atoms with Gasteiger partial charge < -0.3 is 14.6 Å². The number of hydrogen-bond acceptors (Lipinski definition) is 3. The van der Waals surface area contributed by atoms with E-state index in [0.717, 1.165) is 11.3 Å². The van der Waals surface area contributed by atoms with E-state index < -0.39 is 5.97 Å². The Morgan fingerprint density at radius 2 is 1.90 bits per heavy atom. The fourth-order valence-corrected chi connectivity index (χ4v) is 2.37. The molecule has 1 N–H and O–H groups in total. The van der Waals surface area contributed by atoms with Gasteiger partial charge in [0.15, 0.2) is 0 Å². The number of benzene rings is 2. The molecule has 0 radical (unpaired) electrons. The van der Waals surface area contributed by atoms with Crippen LogP contribution in [0.5, 0.6) is 11.5 Å². The molecule has 2 aromatic carbocycles. The molecule has 0 unspecified atom stereocenters. The molecule has 0 aliphatic rings. The highest BCUT2D eigenvalue weighted by Gasteiger charge is 2.14. The summed E-state index contributed by atoms with van der Waals surface area (Å²) in [6, 6.07) is 12.6. The molecule has 110 valence electrons. The number of carbonyl (C=O) groups is 1. The molecule has 0 aliphatic carbocycles. The van der Waals surface area contributed by atoms with E-state index in [1.54, 1.807) is 19.2 Å². The number of carboxylic acids is 1. The maximum Gasteiger partial charge on any atom is 0.339 e. The first-order chi connectivity index (χ1) is 10.1. The fraction of sp³-hybridized carbons (Fsp3) is 0.188. The van der Waals surface area contributed by atoms with Crippen LogP contribution in [0.1, 0.15) is 15.9 Å². The van der Waals surface area contributed by atoms with E-state index >= 15 is 0 Å². The number of rotatable bonds is 6. The van der Waals surface area contributed by atoms with Crippen molar-refractivity contribution in [1.82, 2.24) is 0 Å². The van der Waals surface area contributed by atoms with E-state index in [1.165, 1.54) is 6.07 Å². The van der Waals surface area contributed by atoms with Gasteiger partial charge in [-0.3, -0.25) is 0 Å². The molecule has 2 rings (SSSR count). The van der Waals surface area contributed by atoms with Crippen molar-refractivity contribution in [3.05, 3.63) is 58.1 Å². The number of hydrogen-bond donors (Lipinski definition) is 1. The van der Waals surface area contributed by atoms with Crippen LogP contribution in [0.25, 0.3) is 0 Å². The minimum Gasteiger partial charge on any atom is -0.497 e. The average molecular weight is 351 g/mol. The van der Waals surface area contributed by atoms with Crippen LogP contribution in [0.4, 0.5) is 0 Å². The van der Waals surface area contributed by atoms with Gasteiger partial charge in [0.1, 0.15) is 17.1 Å². The molecule has 5 heteroatoms. The summed E-state index contributed by atoms with van der Waals surface area (Å²) in [5.41, 5.74) is 1.25. The molecule has 2 aromatic rings. The first kappa shape index (κ1) is 15.4. The number of ether oxygens (including phenoxy) is 2. The van der Waals surface area contributed by atoms with E-state index in [-0.39, 0.29) is 5.56 Å². The molecule has 0 spiro atoms. The Bertz CT molecular complexity index is 623. The van der Waals surface area contributed by atoms with Gasteiger partial charge in [-0.25, -0.2) is 4.79 Å².